The molecule has 11 heteroatoms. The van der Waals surface area contributed by atoms with Crippen LogP contribution in [0, 0.1) is 5.82 Å². The first-order valence-electron chi connectivity index (χ1n) is 8.54. The summed E-state index contributed by atoms with van der Waals surface area (Å²) in [5.74, 6) is -0.673. The van der Waals surface area contributed by atoms with Crippen LogP contribution in [-0.2, 0) is 21.4 Å². The Balaban J connectivity index is 1.79. The molecule has 0 bridgehead atoms. The normalized spacial score (nSPS) is 12.6. The van der Waals surface area contributed by atoms with Crippen molar-refractivity contribution in [2.75, 3.05) is 17.6 Å². The first-order valence-corrected chi connectivity index (χ1v) is 11.3. The van der Waals surface area contributed by atoms with Gasteiger partial charge >= 0.3 is 0 Å². The van der Waals surface area contributed by atoms with E-state index < -0.39 is 27.8 Å². The van der Waals surface area contributed by atoms with Crippen molar-refractivity contribution in [2.45, 2.75) is 19.5 Å². The van der Waals surface area contributed by atoms with Gasteiger partial charge in [-0.05, 0) is 30.5 Å². The van der Waals surface area contributed by atoms with Gasteiger partial charge < -0.3 is 9.42 Å². The van der Waals surface area contributed by atoms with E-state index in [9.17, 15) is 17.6 Å². The molecule has 0 aliphatic rings. The van der Waals surface area contributed by atoms with E-state index in [1.54, 1.807) is 0 Å². The molecule has 8 nitrogen and oxygen atoms in total. The fourth-order valence-electron chi connectivity index (χ4n) is 2.83. The van der Waals surface area contributed by atoms with Crippen LogP contribution in [0.25, 0.3) is 10.7 Å². The molecule has 29 heavy (non-hydrogen) atoms. The molecule has 3 aromatic rings. The molecular weight excluding hydrogens is 419 g/mol. The Morgan fingerprint density at radius 2 is 2.00 bits per heavy atom. The molecule has 2 aromatic heterocycles. The van der Waals surface area contributed by atoms with Crippen LogP contribution in [0.1, 0.15) is 12.8 Å². The number of thiophene rings is 1. The Labute approximate surface area is 171 Å². The minimum atomic E-state index is -3.92. The third-order valence-electron chi connectivity index (χ3n) is 4.11. The second-order valence-corrected chi connectivity index (χ2v) is 9.18. The Kier molecular flexibility index (Phi) is 5.99. The molecule has 1 aromatic carbocycles. The third kappa shape index (κ3) is 4.62. The summed E-state index contributed by atoms with van der Waals surface area (Å²) in [6.45, 7) is 1.38. The topological polar surface area (TPSA) is 96.6 Å². The number of halogens is 1. The van der Waals surface area contributed by atoms with Crippen molar-refractivity contribution in [3.05, 3.63) is 53.5 Å². The van der Waals surface area contributed by atoms with Gasteiger partial charge in [-0.2, -0.15) is 4.98 Å². The van der Waals surface area contributed by atoms with E-state index in [-0.39, 0.29) is 18.1 Å². The highest BCUT2D eigenvalue weighted by molar-refractivity contribution is 7.92. The van der Waals surface area contributed by atoms with Gasteiger partial charge in [0.05, 0.1) is 23.4 Å². The van der Waals surface area contributed by atoms with E-state index in [1.807, 2.05) is 17.5 Å². The van der Waals surface area contributed by atoms with Gasteiger partial charge in [0.2, 0.25) is 27.6 Å². The van der Waals surface area contributed by atoms with Crippen molar-refractivity contribution in [3.8, 4) is 10.7 Å². The van der Waals surface area contributed by atoms with Crippen LogP contribution in [0.5, 0.6) is 0 Å². The summed E-state index contributed by atoms with van der Waals surface area (Å²) in [4.78, 5) is 19.2. The SMILES string of the molecule is C[C@@H](C(=O)N(C)Cc1nc(-c2cccs2)no1)N(c1ccccc1F)S(C)(=O)=O. The molecule has 0 saturated carbocycles. The molecule has 3 rings (SSSR count). The zero-order valence-electron chi connectivity index (χ0n) is 15.9. The minimum Gasteiger partial charge on any atom is -0.337 e. The summed E-state index contributed by atoms with van der Waals surface area (Å²) in [5, 5.41) is 5.76. The number of aromatic nitrogens is 2. The fraction of sp³-hybridized carbons (Fsp3) is 0.278. The van der Waals surface area contributed by atoms with E-state index in [1.165, 1.54) is 48.4 Å². The van der Waals surface area contributed by atoms with Gasteiger partial charge in [0.25, 0.3) is 0 Å². The second kappa shape index (κ2) is 8.29. The molecule has 0 aliphatic heterocycles. The highest BCUT2D eigenvalue weighted by Crippen LogP contribution is 2.25. The lowest BCUT2D eigenvalue weighted by Gasteiger charge is -2.30. The number of likely N-dealkylation sites (N-methyl/N-ethyl adjacent to an activating group) is 1. The number of sulfonamides is 1. The molecule has 0 unspecified atom stereocenters. The summed E-state index contributed by atoms with van der Waals surface area (Å²) in [6, 6.07) is 7.92. The number of hydrogen-bond donors (Lipinski definition) is 0. The number of anilines is 1. The summed E-state index contributed by atoms with van der Waals surface area (Å²) in [7, 11) is -2.44. The standard InChI is InChI=1S/C18H19FN4O4S2/c1-12(23(29(3,25)26)14-8-5-4-7-13(14)19)18(24)22(2)11-16-20-17(21-27-16)15-9-6-10-28-15/h4-10,12H,11H2,1-3H3/t12-/m0/s1. The smallest absolute Gasteiger partial charge is 0.246 e. The van der Waals surface area contributed by atoms with Crippen molar-refractivity contribution < 1.29 is 22.1 Å². The summed E-state index contributed by atoms with van der Waals surface area (Å²) < 4.78 is 44.8. The summed E-state index contributed by atoms with van der Waals surface area (Å²) in [5.41, 5.74) is -0.193. The molecule has 0 saturated heterocycles. The average Bonchev–Trinajstić information content (AvgIpc) is 3.33. The van der Waals surface area contributed by atoms with Crippen molar-refractivity contribution in [3.63, 3.8) is 0 Å². The van der Waals surface area contributed by atoms with Gasteiger partial charge in [-0.1, -0.05) is 23.4 Å². The number of benzene rings is 1. The molecular formula is C18H19FN4O4S2. The largest absolute Gasteiger partial charge is 0.337 e. The second-order valence-electron chi connectivity index (χ2n) is 6.37. The Morgan fingerprint density at radius 3 is 2.62 bits per heavy atom. The highest BCUT2D eigenvalue weighted by atomic mass is 32.2. The predicted molar refractivity (Wildman–Crippen MR) is 107 cm³/mol. The number of carbonyl (C=O) groups is 1. The van der Waals surface area contributed by atoms with Gasteiger partial charge in [-0.15, -0.1) is 11.3 Å². The number of nitrogens with zero attached hydrogens (tertiary/aromatic N) is 4. The van der Waals surface area contributed by atoms with Crippen molar-refractivity contribution >= 4 is 33.0 Å². The van der Waals surface area contributed by atoms with Gasteiger partial charge in [0, 0.05) is 7.05 Å². The number of hydrogen-bond acceptors (Lipinski definition) is 7. The van der Waals surface area contributed by atoms with Crippen molar-refractivity contribution in [1.82, 2.24) is 15.0 Å². The van der Waals surface area contributed by atoms with E-state index in [2.05, 4.69) is 10.1 Å². The predicted octanol–water partition coefficient (Wildman–Crippen LogP) is 2.75. The molecule has 1 amide bonds. The maximum absolute atomic E-state index is 14.2. The molecule has 0 N–H and O–H groups in total. The average molecular weight is 439 g/mol. The third-order valence-corrected chi connectivity index (χ3v) is 6.21. The van der Waals surface area contributed by atoms with E-state index in [0.29, 0.717) is 5.82 Å². The Morgan fingerprint density at radius 1 is 1.28 bits per heavy atom. The lowest BCUT2D eigenvalue weighted by Crippen LogP contribution is -2.48. The van der Waals surface area contributed by atoms with Crippen LogP contribution in [0.2, 0.25) is 0 Å². The van der Waals surface area contributed by atoms with Crippen LogP contribution >= 0.6 is 11.3 Å². The zero-order chi connectivity index (χ0) is 21.2. The van der Waals surface area contributed by atoms with Crippen molar-refractivity contribution in [2.24, 2.45) is 0 Å². The highest BCUT2D eigenvalue weighted by Gasteiger charge is 2.33. The Hall–Kier alpha value is -2.79. The van der Waals surface area contributed by atoms with E-state index >= 15 is 0 Å². The Bertz CT molecular complexity index is 1100. The van der Waals surface area contributed by atoms with Gasteiger partial charge in [0.1, 0.15) is 11.9 Å². The molecule has 0 fully saturated rings. The number of para-hydroxylation sites is 1. The van der Waals surface area contributed by atoms with Gasteiger partial charge in [0.15, 0.2) is 0 Å². The monoisotopic (exact) mass is 438 g/mol. The summed E-state index contributed by atoms with van der Waals surface area (Å²) in [6.07, 6.45) is 0.925. The molecule has 1 atom stereocenters. The molecule has 154 valence electrons. The minimum absolute atomic E-state index is 0.0174. The zero-order valence-corrected chi connectivity index (χ0v) is 17.6. The van der Waals surface area contributed by atoms with Gasteiger partial charge in [-0.3, -0.25) is 9.10 Å². The maximum atomic E-state index is 14.2. The van der Waals surface area contributed by atoms with Gasteiger partial charge in [-0.25, -0.2) is 12.8 Å². The quantitative estimate of drug-likeness (QED) is 0.563. The molecule has 0 aliphatic carbocycles. The molecule has 2 heterocycles. The lowest BCUT2D eigenvalue weighted by molar-refractivity contribution is -0.131. The van der Waals surface area contributed by atoms with E-state index in [0.717, 1.165) is 21.5 Å². The van der Waals surface area contributed by atoms with Crippen molar-refractivity contribution in [1.29, 1.82) is 0 Å². The van der Waals surface area contributed by atoms with Crippen LogP contribution in [0.15, 0.2) is 46.3 Å². The number of carbonyl (C=O) groups excluding carboxylic acids is 1. The maximum Gasteiger partial charge on any atom is 0.246 e. The number of rotatable bonds is 7. The first kappa shape index (κ1) is 20.9. The molecule has 0 radical (unpaired) electrons. The fourth-order valence-corrected chi connectivity index (χ4v) is 4.65. The van der Waals surface area contributed by atoms with Crippen LogP contribution < -0.4 is 4.31 Å². The van der Waals surface area contributed by atoms with Crippen LogP contribution in [0.3, 0.4) is 0 Å². The van der Waals surface area contributed by atoms with Crippen LogP contribution in [-0.4, -0.2) is 48.7 Å². The molecule has 0 spiro atoms. The lowest BCUT2D eigenvalue weighted by atomic mass is 10.2. The first-order chi connectivity index (χ1) is 13.7. The van der Waals surface area contributed by atoms with E-state index in [4.69, 9.17) is 4.52 Å². The van der Waals surface area contributed by atoms with Crippen LogP contribution in [0.4, 0.5) is 10.1 Å². The number of amides is 1. The summed E-state index contributed by atoms with van der Waals surface area (Å²) >= 11 is 1.45.